The summed E-state index contributed by atoms with van der Waals surface area (Å²) in [5.74, 6) is -2.00. The Morgan fingerprint density at radius 2 is 1.81 bits per heavy atom. The van der Waals surface area contributed by atoms with Gasteiger partial charge in [0.05, 0.1) is 18.3 Å². The molecule has 0 fully saturated rings. The molecule has 4 aromatic rings. The third-order valence-corrected chi connectivity index (χ3v) is 5.41. The summed E-state index contributed by atoms with van der Waals surface area (Å²) in [5, 5.41) is 23.1. The molecule has 0 radical (unpaired) electrons. The molecule has 0 aliphatic rings. The third kappa shape index (κ3) is 5.10. The molecule has 0 unspecified atom stereocenters. The van der Waals surface area contributed by atoms with Crippen LogP contribution >= 0.6 is 0 Å². The van der Waals surface area contributed by atoms with Crippen LogP contribution in [0.5, 0.6) is 5.75 Å². The predicted octanol–water partition coefficient (Wildman–Crippen LogP) is 2.39. The average molecular weight is 511 g/mol. The molecule has 2 atom stereocenters. The van der Waals surface area contributed by atoms with Gasteiger partial charge in [0.2, 0.25) is 0 Å². The van der Waals surface area contributed by atoms with Crippen LogP contribution in [0.25, 0.3) is 5.69 Å². The Hall–Kier alpha value is -4.14. The summed E-state index contributed by atoms with van der Waals surface area (Å²) in [4.78, 5) is 16.9. The van der Waals surface area contributed by atoms with Crippen LogP contribution in [0.2, 0.25) is 0 Å². The largest absolute Gasteiger partial charge is 0.484 e. The summed E-state index contributed by atoms with van der Waals surface area (Å²) in [5.41, 5.74) is -3.18. The van der Waals surface area contributed by atoms with E-state index in [0.717, 1.165) is 21.5 Å². The molecule has 36 heavy (non-hydrogen) atoms. The van der Waals surface area contributed by atoms with Crippen molar-refractivity contribution in [1.82, 2.24) is 34.6 Å². The number of ether oxygens (including phenoxy) is 1. The van der Waals surface area contributed by atoms with E-state index in [9.17, 15) is 31.9 Å². The second-order valence-electron chi connectivity index (χ2n) is 7.83. The zero-order valence-electron chi connectivity index (χ0n) is 18.5. The quantitative estimate of drug-likeness (QED) is 0.362. The van der Waals surface area contributed by atoms with Gasteiger partial charge in [0.1, 0.15) is 35.6 Å². The SMILES string of the molecule is C[C@@H](n1nnn(-c2ccc(OCC(F)(F)F)cc2)c1=O)[C@](O)(Cn1cncn1)c1ccc(F)cc1F. The molecule has 2 aromatic heterocycles. The maximum atomic E-state index is 14.7. The second-order valence-corrected chi connectivity index (χ2v) is 7.83. The van der Waals surface area contributed by atoms with Gasteiger partial charge in [-0.3, -0.25) is 0 Å². The minimum atomic E-state index is -4.51. The Kier molecular flexibility index (Phi) is 6.58. The first-order chi connectivity index (χ1) is 17.0. The molecule has 0 bridgehead atoms. The van der Waals surface area contributed by atoms with E-state index in [4.69, 9.17) is 0 Å². The molecule has 0 amide bonds. The van der Waals surface area contributed by atoms with Gasteiger partial charge in [-0.05, 0) is 47.7 Å². The zero-order chi connectivity index (χ0) is 26.1. The van der Waals surface area contributed by atoms with Gasteiger partial charge in [-0.2, -0.15) is 27.6 Å². The fourth-order valence-electron chi connectivity index (χ4n) is 3.56. The number of aliphatic hydroxyl groups is 1. The molecule has 0 aliphatic carbocycles. The number of benzene rings is 2. The van der Waals surface area contributed by atoms with Gasteiger partial charge in [-0.15, -0.1) is 0 Å². The first kappa shape index (κ1) is 25.0. The number of aromatic nitrogens is 7. The van der Waals surface area contributed by atoms with E-state index in [1.165, 1.54) is 48.5 Å². The van der Waals surface area contributed by atoms with E-state index in [1.807, 2.05) is 0 Å². The van der Waals surface area contributed by atoms with Crippen molar-refractivity contribution in [2.75, 3.05) is 6.61 Å². The van der Waals surface area contributed by atoms with E-state index in [0.29, 0.717) is 6.07 Å². The highest BCUT2D eigenvalue weighted by Crippen LogP contribution is 2.35. The number of halogens is 5. The Morgan fingerprint density at radius 1 is 1.08 bits per heavy atom. The van der Waals surface area contributed by atoms with Gasteiger partial charge in [0.25, 0.3) is 0 Å². The summed E-state index contributed by atoms with van der Waals surface area (Å²) < 4.78 is 72.8. The lowest BCUT2D eigenvalue weighted by Gasteiger charge is -2.33. The molecule has 15 heteroatoms. The van der Waals surface area contributed by atoms with Gasteiger partial charge in [0.15, 0.2) is 6.61 Å². The zero-order valence-corrected chi connectivity index (χ0v) is 18.5. The van der Waals surface area contributed by atoms with Crippen molar-refractivity contribution in [3.63, 3.8) is 0 Å². The lowest BCUT2D eigenvalue weighted by Crippen LogP contribution is -2.44. The van der Waals surface area contributed by atoms with Crippen molar-refractivity contribution in [1.29, 1.82) is 0 Å². The molecule has 0 spiro atoms. The number of tetrazole rings is 1. The van der Waals surface area contributed by atoms with Gasteiger partial charge in [0, 0.05) is 11.6 Å². The van der Waals surface area contributed by atoms with Crippen molar-refractivity contribution in [3.05, 3.63) is 82.8 Å². The summed E-state index contributed by atoms with van der Waals surface area (Å²) in [6.45, 7) is -0.472. The summed E-state index contributed by atoms with van der Waals surface area (Å²) in [6.07, 6.45) is -2.06. The Balaban J connectivity index is 1.67. The number of hydrogen-bond donors (Lipinski definition) is 1. The molecule has 2 heterocycles. The van der Waals surface area contributed by atoms with E-state index in [-0.39, 0.29) is 23.5 Å². The van der Waals surface area contributed by atoms with E-state index in [2.05, 4.69) is 25.2 Å². The van der Waals surface area contributed by atoms with E-state index >= 15 is 0 Å². The monoisotopic (exact) mass is 511 g/mol. The van der Waals surface area contributed by atoms with Crippen molar-refractivity contribution in [2.24, 2.45) is 0 Å². The maximum absolute atomic E-state index is 14.7. The molecule has 4 rings (SSSR count). The molecule has 1 N–H and O–H groups in total. The van der Waals surface area contributed by atoms with Crippen molar-refractivity contribution in [3.8, 4) is 11.4 Å². The first-order valence-electron chi connectivity index (χ1n) is 10.3. The molecule has 2 aromatic carbocycles. The molecule has 0 saturated heterocycles. The standard InChI is InChI=1S/C21H18F5N7O3/c1-13(20(35,9-31-12-27-11-28-31)17-7-2-14(22)8-18(17)23)32-19(34)33(30-29-32)15-3-5-16(6-4-15)36-10-21(24,25)26/h2-8,11-13,35H,9-10H2,1H3/t13-,20-/m1/s1. The van der Waals surface area contributed by atoms with Gasteiger partial charge < -0.3 is 9.84 Å². The van der Waals surface area contributed by atoms with Crippen molar-refractivity contribution < 1.29 is 31.8 Å². The maximum Gasteiger partial charge on any atom is 0.422 e. The molecular weight excluding hydrogens is 493 g/mol. The Morgan fingerprint density at radius 3 is 2.42 bits per heavy atom. The normalized spacial score (nSPS) is 14.4. The first-order valence-corrected chi connectivity index (χ1v) is 10.3. The molecule has 0 aliphatic heterocycles. The molecule has 190 valence electrons. The predicted molar refractivity (Wildman–Crippen MR) is 112 cm³/mol. The van der Waals surface area contributed by atoms with Crippen LogP contribution in [0.3, 0.4) is 0 Å². The molecule has 0 saturated carbocycles. The summed E-state index contributed by atoms with van der Waals surface area (Å²) >= 11 is 0. The summed E-state index contributed by atoms with van der Waals surface area (Å²) in [6, 6.07) is 6.35. The van der Waals surface area contributed by atoms with Crippen LogP contribution in [0, 0.1) is 11.6 Å². The molecular formula is C21H18F5N7O3. The van der Waals surface area contributed by atoms with Crippen molar-refractivity contribution >= 4 is 0 Å². The minimum Gasteiger partial charge on any atom is -0.484 e. The second kappa shape index (κ2) is 9.49. The smallest absolute Gasteiger partial charge is 0.422 e. The lowest BCUT2D eigenvalue weighted by atomic mass is 9.86. The Labute approximate surface area is 199 Å². The number of nitrogens with zero attached hydrogens (tertiary/aromatic N) is 7. The minimum absolute atomic E-state index is 0.0844. The van der Waals surface area contributed by atoms with Crippen LogP contribution in [-0.2, 0) is 12.1 Å². The van der Waals surface area contributed by atoms with Crippen molar-refractivity contribution in [2.45, 2.75) is 31.3 Å². The summed E-state index contributed by atoms with van der Waals surface area (Å²) in [7, 11) is 0. The van der Waals surface area contributed by atoms with E-state index < -0.39 is 41.8 Å². The molecule has 10 nitrogen and oxygen atoms in total. The topological polar surface area (TPSA) is 113 Å². The van der Waals surface area contributed by atoms with Gasteiger partial charge in [-0.1, -0.05) is 6.07 Å². The highest BCUT2D eigenvalue weighted by molar-refractivity contribution is 5.36. The fraction of sp³-hybridized carbons (Fsp3) is 0.286. The average Bonchev–Trinajstić information content (AvgIpc) is 3.46. The highest BCUT2D eigenvalue weighted by atomic mass is 19.4. The Bertz CT molecular complexity index is 1390. The lowest BCUT2D eigenvalue weighted by molar-refractivity contribution is -0.153. The van der Waals surface area contributed by atoms with Gasteiger partial charge >= 0.3 is 11.9 Å². The fourth-order valence-corrected chi connectivity index (χ4v) is 3.56. The van der Waals surface area contributed by atoms with Crippen LogP contribution in [0.15, 0.2) is 59.9 Å². The number of alkyl halides is 3. The van der Waals surface area contributed by atoms with Gasteiger partial charge in [-0.25, -0.2) is 23.2 Å². The van der Waals surface area contributed by atoms with Crippen LogP contribution < -0.4 is 10.4 Å². The van der Waals surface area contributed by atoms with Crippen LogP contribution in [-0.4, -0.2) is 52.4 Å². The highest BCUT2D eigenvalue weighted by Gasteiger charge is 2.42. The number of hydrogen-bond acceptors (Lipinski definition) is 7. The number of rotatable bonds is 8. The van der Waals surface area contributed by atoms with Crippen LogP contribution in [0.4, 0.5) is 22.0 Å². The third-order valence-electron chi connectivity index (χ3n) is 5.41. The van der Waals surface area contributed by atoms with Crippen LogP contribution in [0.1, 0.15) is 18.5 Å². The van der Waals surface area contributed by atoms with E-state index in [1.54, 1.807) is 0 Å².